The van der Waals surface area contributed by atoms with Gasteiger partial charge < -0.3 is 10.6 Å². The van der Waals surface area contributed by atoms with E-state index in [2.05, 4.69) is 10.6 Å². The molecule has 0 radical (unpaired) electrons. The highest BCUT2D eigenvalue weighted by atomic mass is 19.2. The first kappa shape index (κ1) is 8.95. The average Bonchev–Trinajstić information content (AvgIpc) is 3.07. The zero-order valence-corrected chi connectivity index (χ0v) is 8.19. The summed E-state index contributed by atoms with van der Waals surface area (Å²) in [6.07, 6.45) is 2.37. The van der Waals surface area contributed by atoms with Crippen molar-refractivity contribution >= 4 is 11.4 Å². The van der Waals surface area contributed by atoms with Crippen LogP contribution in [0.2, 0.25) is 0 Å². The van der Waals surface area contributed by atoms with Crippen LogP contribution in [0.4, 0.5) is 20.2 Å². The SMILES string of the molecule is Fc1ccc2c(c1F)NC(C1CC1)CN2. The number of benzene rings is 1. The van der Waals surface area contributed by atoms with Crippen LogP contribution in [0.25, 0.3) is 0 Å². The fourth-order valence-electron chi connectivity index (χ4n) is 2.08. The number of fused-ring (bicyclic) bond motifs is 1. The van der Waals surface area contributed by atoms with E-state index in [0.29, 0.717) is 11.6 Å². The molecular weight excluding hydrogens is 198 g/mol. The largest absolute Gasteiger partial charge is 0.381 e. The van der Waals surface area contributed by atoms with Crippen molar-refractivity contribution in [3.05, 3.63) is 23.8 Å². The molecule has 1 saturated carbocycles. The van der Waals surface area contributed by atoms with Crippen molar-refractivity contribution in [1.29, 1.82) is 0 Å². The van der Waals surface area contributed by atoms with Gasteiger partial charge in [-0.1, -0.05) is 0 Å². The lowest BCUT2D eigenvalue weighted by Gasteiger charge is -2.28. The van der Waals surface area contributed by atoms with Crippen LogP contribution in [0.15, 0.2) is 12.1 Å². The van der Waals surface area contributed by atoms with E-state index in [4.69, 9.17) is 0 Å². The third kappa shape index (κ3) is 1.44. The Hall–Kier alpha value is -1.32. The van der Waals surface area contributed by atoms with Gasteiger partial charge in [0.25, 0.3) is 0 Å². The van der Waals surface area contributed by atoms with Crippen LogP contribution in [-0.4, -0.2) is 12.6 Å². The van der Waals surface area contributed by atoms with Crippen LogP contribution in [0.3, 0.4) is 0 Å². The van der Waals surface area contributed by atoms with Crippen molar-refractivity contribution in [1.82, 2.24) is 0 Å². The monoisotopic (exact) mass is 210 g/mol. The lowest BCUT2D eigenvalue weighted by atomic mass is 10.1. The van der Waals surface area contributed by atoms with Crippen LogP contribution in [0.5, 0.6) is 0 Å². The number of hydrogen-bond donors (Lipinski definition) is 2. The molecule has 1 aromatic rings. The van der Waals surface area contributed by atoms with Crippen LogP contribution >= 0.6 is 0 Å². The predicted octanol–water partition coefficient (Wildman–Crippen LogP) is 2.58. The molecule has 1 atom stereocenters. The fourth-order valence-corrected chi connectivity index (χ4v) is 2.08. The molecule has 0 spiro atoms. The van der Waals surface area contributed by atoms with Gasteiger partial charge in [-0.2, -0.15) is 0 Å². The molecular formula is C11H12F2N2. The molecule has 0 saturated heterocycles. The number of nitrogens with one attached hydrogen (secondary N) is 2. The van der Waals surface area contributed by atoms with E-state index >= 15 is 0 Å². The predicted molar refractivity (Wildman–Crippen MR) is 55.0 cm³/mol. The molecule has 1 aliphatic carbocycles. The number of rotatable bonds is 1. The van der Waals surface area contributed by atoms with Gasteiger partial charge in [-0.3, -0.25) is 0 Å². The first-order chi connectivity index (χ1) is 7.25. The summed E-state index contributed by atoms with van der Waals surface area (Å²) in [6, 6.07) is 2.97. The van der Waals surface area contributed by atoms with E-state index in [1.54, 1.807) is 6.07 Å². The standard InChI is InChI=1S/C11H12F2N2/c12-7-3-4-8-11(10(7)13)15-9(5-14-8)6-1-2-6/h3-4,6,9,14-15H,1-2,5H2. The molecule has 2 aliphatic rings. The van der Waals surface area contributed by atoms with Crippen molar-refractivity contribution < 1.29 is 8.78 Å². The van der Waals surface area contributed by atoms with Gasteiger partial charge in [0.1, 0.15) is 0 Å². The zero-order valence-electron chi connectivity index (χ0n) is 8.19. The summed E-state index contributed by atoms with van der Waals surface area (Å²) >= 11 is 0. The van der Waals surface area contributed by atoms with E-state index in [1.807, 2.05) is 0 Å². The summed E-state index contributed by atoms with van der Waals surface area (Å²) in [5.74, 6) is -0.946. The van der Waals surface area contributed by atoms with Gasteiger partial charge in [-0.25, -0.2) is 8.78 Å². The number of halogens is 2. The number of anilines is 2. The summed E-state index contributed by atoms with van der Waals surface area (Å²) in [5.41, 5.74) is 0.948. The highest BCUT2D eigenvalue weighted by Crippen LogP contribution is 2.39. The lowest BCUT2D eigenvalue weighted by Crippen LogP contribution is -2.35. The van der Waals surface area contributed by atoms with Crippen LogP contribution in [0.1, 0.15) is 12.8 Å². The Bertz CT molecular complexity index is 402. The molecule has 1 unspecified atom stereocenters. The molecule has 2 N–H and O–H groups in total. The molecule has 1 fully saturated rings. The second-order valence-corrected chi connectivity index (χ2v) is 4.25. The topological polar surface area (TPSA) is 24.1 Å². The fraction of sp³-hybridized carbons (Fsp3) is 0.455. The Balaban J connectivity index is 1.95. The Morgan fingerprint density at radius 1 is 1.20 bits per heavy atom. The molecule has 1 aliphatic heterocycles. The Morgan fingerprint density at radius 2 is 2.00 bits per heavy atom. The summed E-state index contributed by atoms with van der Waals surface area (Å²) in [7, 11) is 0. The Labute approximate surface area is 86.7 Å². The maximum Gasteiger partial charge on any atom is 0.183 e. The van der Waals surface area contributed by atoms with E-state index in [9.17, 15) is 8.78 Å². The highest BCUT2D eigenvalue weighted by molar-refractivity contribution is 5.72. The average molecular weight is 210 g/mol. The second-order valence-electron chi connectivity index (χ2n) is 4.25. The molecule has 2 nitrogen and oxygen atoms in total. The Kier molecular flexibility index (Phi) is 1.84. The van der Waals surface area contributed by atoms with Crippen LogP contribution < -0.4 is 10.6 Å². The van der Waals surface area contributed by atoms with Crippen LogP contribution in [-0.2, 0) is 0 Å². The molecule has 4 heteroatoms. The minimum absolute atomic E-state index is 0.244. The van der Waals surface area contributed by atoms with Crippen molar-refractivity contribution in [2.45, 2.75) is 18.9 Å². The van der Waals surface area contributed by atoms with Gasteiger partial charge in [0.05, 0.1) is 11.4 Å². The van der Waals surface area contributed by atoms with Gasteiger partial charge in [0.15, 0.2) is 11.6 Å². The van der Waals surface area contributed by atoms with Crippen molar-refractivity contribution in [3.8, 4) is 0 Å². The minimum Gasteiger partial charge on any atom is -0.381 e. The molecule has 1 heterocycles. The molecule has 0 aromatic heterocycles. The van der Waals surface area contributed by atoms with Gasteiger partial charge in [0.2, 0.25) is 0 Å². The molecule has 0 bridgehead atoms. The first-order valence-electron chi connectivity index (χ1n) is 5.24. The Morgan fingerprint density at radius 3 is 2.73 bits per heavy atom. The summed E-state index contributed by atoms with van der Waals surface area (Å²) in [6.45, 7) is 0.794. The third-order valence-electron chi connectivity index (χ3n) is 3.13. The molecule has 15 heavy (non-hydrogen) atoms. The van der Waals surface area contributed by atoms with E-state index in [1.165, 1.54) is 12.8 Å². The maximum absolute atomic E-state index is 13.5. The maximum atomic E-state index is 13.5. The van der Waals surface area contributed by atoms with E-state index in [-0.39, 0.29) is 11.7 Å². The second kappa shape index (κ2) is 3.08. The van der Waals surface area contributed by atoms with Crippen molar-refractivity contribution in [2.24, 2.45) is 5.92 Å². The molecule has 0 amide bonds. The van der Waals surface area contributed by atoms with E-state index in [0.717, 1.165) is 12.6 Å². The highest BCUT2D eigenvalue weighted by Gasteiger charge is 2.34. The molecule has 3 rings (SSSR count). The quantitative estimate of drug-likeness (QED) is 0.744. The first-order valence-corrected chi connectivity index (χ1v) is 5.24. The summed E-state index contributed by atoms with van der Waals surface area (Å²) in [5, 5.41) is 6.22. The van der Waals surface area contributed by atoms with Crippen molar-refractivity contribution in [2.75, 3.05) is 17.2 Å². The van der Waals surface area contributed by atoms with Crippen LogP contribution in [0, 0.1) is 17.6 Å². The number of hydrogen-bond acceptors (Lipinski definition) is 2. The minimum atomic E-state index is -0.792. The van der Waals surface area contributed by atoms with E-state index < -0.39 is 11.6 Å². The summed E-state index contributed by atoms with van der Waals surface area (Å²) in [4.78, 5) is 0. The zero-order chi connectivity index (χ0) is 10.4. The normalized spacial score (nSPS) is 24.0. The summed E-state index contributed by atoms with van der Waals surface area (Å²) < 4.78 is 26.5. The molecule has 80 valence electrons. The lowest BCUT2D eigenvalue weighted by molar-refractivity contribution is 0.506. The van der Waals surface area contributed by atoms with Crippen molar-refractivity contribution in [3.63, 3.8) is 0 Å². The third-order valence-corrected chi connectivity index (χ3v) is 3.13. The van der Waals surface area contributed by atoms with Gasteiger partial charge >= 0.3 is 0 Å². The molecule has 1 aromatic carbocycles. The van der Waals surface area contributed by atoms with Gasteiger partial charge in [-0.15, -0.1) is 0 Å². The smallest absolute Gasteiger partial charge is 0.183 e. The van der Waals surface area contributed by atoms with Gasteiger partial charge in [-0.05, 0) is 30.9 Å². The van der Waals surface area contributed by atoms with Gasteiger partial charge in [0, 0.05) is 12.6 Å².